The Kier molecular flexibility index (Phi) is 5.28. The van der Waals surface area contributed by atoms with Crippen molar-refractivity contribution < 1.29 is 23.6 Å². The first-order chi connectivity index (χ1) is 10.7. The number of hydrogen-bond donors (Lipinski definition) is 0. The Balaban J connectivity index is 2.07. The first kappa shape index (κ1) is 18.1. The Morgan fingerprint density at radius 2 is 1.83 bits per heavy atom. The summed E-state index contributed by atoms with van der Waals surface area (Å²) < 4.78 is 22.1. The molecule has 0 N–H and O–H groups in total. The molecule has 0 radical (unpaired) electrons. The molecule has 7 heteroatoms. The normalized spacial score (nSPS) is 18.8. The number of benzene rings is 1. The molecule has 1 saturated heterocycles. The molecule has 0 aromatic heterocycles. The van der Waals surface area contributed by atoms with Crippen LogP contribution in [0, 0.1) is 0 Å². The van der Waals surface area contributed by atoms with E-state index in [1.807, 2.05) is 33.8 Å². The van der Waals surface area contributed by atoms with Crippen molar-refractivity contribution in [1.82, 2.24) is 0 Å². The van der Waals surface area contributed by atoms with E-state index in [-0.39, 0.29) is 6.61 Å². The van der Waals surface area contributed by atoms with Crippen molar-refractivity contribution in [2.24, 2.45) is 0 Å². The molecule has 5 nitrogen and oxygen atoms in total. The molecule has 1 heterocycles. The molecule has 1 aliphatic heterocycles. The van der Waals surface area contributed by atoms with Gasteiger partial charge in [0.05, 0.1) is 22.8 Å². The second kappa shape index (κ2) is 6.71. The van der Waals surface area contributed by atoms with Gasteiger partial charge in [-0.2, -0.15) is 0 Å². The van der Waals surface area contributed by atoms with Gasteiger partial charge in [0.25, 0.3) is 0 Å². The minimum Gasteiger partial charge on any atom is -0.480 e. The van der Waals surface area contributed by atoms with Crippen molar-refractivity contribution in [3.8, 4) is 5.75 Å². The maximum Gasteiger partial charge on any atom is 0.494 e. The SMILES string of the molecule is CCOC(=O)COc1ccc(B2OC(C)(C)C(C)(C)O2)cc1Cl. The van der Waals surface area contributed by atoms with Gasteiger partial charge >= 0.3 is 13.1 Å². The average molecular weight is 341 g/mol. The quantitative estimate of drug-likeness (QED) is 0.609. The number of carbonyl (C=O) groups excluding carboxylic acids is 1. The molecule has 23 heavy (non-hydrogen) atoms. The molecular formula is C16H22BClO5. The topological polar surface area (TPSA) is 54.0 Å². The van der Waals surface area contributed by atoms with Crippen molar-refractivity contribution in [2.45, 2.75) is 45.8 Å². The highest BCUT2D eigenvalue weighted by molar-refractivity contribution is 6.62. The fourth-order valence-electron chi connectivity index (χ4n) is 2.10. The van der Waals surface area contributed by atoms with Gasteiger partial charge in [0.15, 0.2) is 6.61 Å². The monoisotopic (exact) mass is 340 g/mol. The number of ether oxygens (including phenoxy) is 2. The minimum absolute atomic E-state index is 0.177. The smallest absolute Gasteiger partial charge is 0.480 e. The molecular weight excluding hydrogens is 318 g/mol. The van der Waals surface area contributed by atoms with Crippen LogP contribution in [-0.4, -0.2) is 37.5 Å². The zero-order valence-corrected chi connectivity index (χ0v) is 14.9. The maximum atomic E-state index is 11.3. The molecule has 1 fully saturated rings. The van der Waals surface area contributed by atoms with E-state index in [9.17, 15) is 4.79 Å². The highest BCUT2D eigenvalue weighted by Gasteiger charge is 2.51. The molecule has 0 amide bonds. The highest BCUT2D eigenvalue weighted by atomic mass is 35.5. The molecule has 0 spiro atoms. The van der Waals surface area contributed by atoms with Gasteiger partial charge in [-0.1, -0.05) is 17.7 Å². The van der Waals surface area contributed by atoms with Gasteiger partial charge in [0, 0.05) is 0 Å². The third-order valence-corrected chi connectivity index (χ3v) is 4.43. The third kappa shape index (κ3) is 4.00. The molecule has 0 saturated carbocycles. The summed E-state index contributed by atoms with van der Waals surface area (Å²) in [6, 6.07) is 5.24. The van der Waals surface area contributed by atoms with E-state index in [0.717, 1.165) is 5.46 Å². The summed E-state index contributed by atoms with van der Waals surface area (Å²) in [6.45, 7) is 9.85. The van der Waals surface area contributed by atoms with Crippen LogP contribution in [0.25, 0.3) is 0 Å². The fourth-order valence-corrected chi connectivity index (χ4v) is 2.34. The van der Waals surface area contributed by atoms with E-state index in [1.54, 1.807) is 19.1 Å². The fraction of sp³-hybridized carbons (Fsp3) is 0.562. The van der Waals surface area contributed by atoms with Gasteiger partial charge in [-0.05, 0) is 52.2 Å². The number of rotatable bonds is 5. The predicted molar refractivity (Wildman–Crippen MR) is 89.3 cm³/mol. The van der Waals surface area contributed by atoms with E-state index in [2.05, 4.69) is 0 Å². The van der Waals surface area contributed by atoms with Gasteiger partial charge in [-0.25, -0.2) is 4.79 Å². The van der Waals surface area contributed by atoms with Crippen LogP contribution in [0.5, 0.6) is 5.75 Å². The van der Waals surface area contributed by atoms with Gasteiger partial charge in [0.2, 0.25) is 0 Å². The molecule has 0 unspecified atom stereocenters. The standard InChI is InChI=1S/C16H22BClO5/c1-6-20-14(19)10-21-13-8-7-11(9-12(13)18)17-22-15(2,3)16(4,5)23-17/h7-9H,6,10H2,1-5H3. The largest absolute Gasteiger partial charge is 0.494 e. The van der Waals surface area contributed by atoms with Crippen molar-refractivity contribution >= 4 is 30.2 Å². The lowest BCUT2D eigenvalue weighted by atomic mass is 9.79. The first-order valence-electron chi connectivity index (χ1n) is 7.60. The maximum absolute atomic E-state index is 11.3. The molecule has 126 valence electrons. The zero-order chi connectivity index (χ0) is 17.3. The van der Waals surface area contributed by atoms with E-state index >= 15 is 0 Å². The highest BCUT2D eigenvalue weighted by Crippen LogP contribution is 2.37. The third-order valence-electron chi connectivity index (χ3n) is 4.13. The molecule has 0 atom stereocenters. The Morgan fingerprint density at radius 3 is 2.35 bits per heavy atom. The van der Waals surface area contributed by atoms with E-state index in [4.69, 9.17) is 30.4 Å². The molecule has 2 rings (SSSR count). The summed E-state index contributed by atoms with van der Waals surface area (Å²) in [5, 5.41) is 0.390. The lowest BCUT2D eigenvalue weighted by molar-refractivity contribution is -0.145. The first-order valence-corrected chi connectivity index (χ1v) is 7.97. The minimum atomic E-state index is -0.489. The van der Waals surface area contributed by atoms with Crippen molar-refractivity contribution in [2.75, 3.05) is 13.2 Å². The summed E-state index contributed by atoms with van der Waals surface area (Å²) >= 11 is 6.22. The zero-order valence-electron chi connectivity index (χ0n) is 14.1. The van der Waals surface area contributed by atoms with Gasteiger partial charge in [-0.3, -0.25) is 0 Å². The lowest BCUT2D eigenvalue weighted by Crippen LogP contribution is -2.41. The van der Waals surface area contributed by atoms with Crippen molar-refractivity contribution in [3.63, 3.8) is 0 Å². The molecule has 1 aromatic carbocycles. The summed E-state index contributed by atoms with van der Waals surface area (Å²) in [5.74, 6) is -0.0152. The number of carbonyl (C=O) groups is 1. The lowest BCUT2D eigenvalue weighted by Gasteiger charge is -2.32. The van der Waals surface area contributed by atoms with Crippen LogP contribution < -0.4 is 10.2 Å². The van der Waals surface area contributed by atoms with Crippen LogP contribution in [0.15, 0.2) is 18.2 Å². The van der Waals surface area contributed by atoms with E-state index < -0.39 is 24.3 Å². The number of hydrogen-bond acceptors (Lipinski definition) is 5. The van der Waals surface area contributed by atoms with Crippen LogP contribution in [0.3, 0.4) is 0 Å². The molecule has 1 aliphatic rings. The Labute approximate surface area is 142 Å². The predicted octanol–water partition coefficient (Wildman–Crippen LogP) is 2.58. The van der Waals surface area contributed by atoms with Crippen molar-refractivity contribution in [3.05, 3.63) is 23.2 Å². The van der Waals surface area contributed by atoms with Gasteiger partial charge in [0.1, 0.15) is 5.75 Å². The summed E-state index contributed by atoms with van der Waals surface area (Å²) in [5.41, 5.74) is -0.0240. The van der Waals surface area contributed by atoms with Gasteiger partial charge in [-0.15, -0.1) is 0 Å². The second-order valence-corrected chi connectivity index (χ2v) is 6.78. The van der Waals surface area contributed by atoms with Crippen LogP contribution >= 0.6 is 11.6 Å². The van der Waals surface area contributed by atoms with Crippen molar-refractivity contribution in [1.29, 1.82) is 0 Å². The number of esters is 1. The summed E-state index contributed by atoms with van der Waals surface area (Å²) in [6.07, 6.45) is 0. The summed E-state index contributed by atoms with van der Waals surface area (Å²) in [7, 11) is -0.489. The second-order valence-electron chi connectivity index (χ2n) is 6.37. The van der Waals surface area contributed by atoms with Gasteiger partial charge < -0.3 is 18.8 Å². The Bertz CT molecular complexity index is 572. The molecule has 1 aromatic rings. The molecule has 0 aliphatic carbocycles. The van der Waals surface area contributed by atoms with Crippen LogP contribution in [0.1, 0.15) is 34.6 Å². The van der Waals surface area contributed by atoms with E-state index in [1.165, 1.54) is 0 Å². The van der Waals surface area contributed by atoms with E-state index in [0.29, 0.717) is 17.4 Å². The Hall–Kier alpha value is -1.24. The Morgan fingerprint density at radius 1 is 1.22 bits per heavy atom. The van der Waals surface area contributed by atoms with Crippen LogP contribution in [0.4, 0.5) is 0 Å². The van der Waals surface area contributed by atoms with Crippen LogP contribution in [-0.2, 0) is 18.8 Å². The molecule has 0 bridgehead atoms. The summed E-state index contributed by atoms with van der Waals surface area (Å²) in [4.78, 5) is 11.3. The van der Waals surface area contributed by atoms with Crippen LogP contribution in [0.2, 0.25) is 5.02 Å². The average Bonchev–Trinajstić information content (AvgIpc) is 2.66. The number of halogens is 1.